The third kappa shape index (κ3) is 13.6. The number of nitrogens with one attached hydrogen (secondary N) is 3. The van der Waals surface area contributed by atoms with Crippen LogP contribution < -0.4 is 20.7 Å². The molecule has 3 atom stereocenters. The number of carboxylic acid groups (broad SMARTS) is 1. The van der Waals surface area contributed by atoms with Crippen LogP contribution in [0.25, 0.3) is 10.4 Å². The Bertz CT molecular complexity index is 1580. The molecule has 16 nitrogen and oxygen atoms in total. The molecule has 1 saturated carbocycles. The zero-order chi connectivity index (χ0) is 40.0. The number of likely N-dealkylation sites (tertiary alicyclic amines) is 1. The Morgan fingerprint density at radius 1 is 0.982 bits per heavy atom. The minimum absolute atomic E-state index is 0.0150. The van der Waals surface area contributed by atoms with Gasteiger partial charge in [0.25, 0.3) is 5.91 Å². The first-order chi connectivity index (χ1) is 26.2. The number of benzene rings is 1. The van der Waals surface area contributed by atoms with Gasteiger partial charge in [-0.05, 0) is 36.8 Å². The maximum Gasteiger partial charge on any atom is 0.404 e. The van der Waals surface area contributed by atoms with Crippen LogP contribution in [0.2, 0.25) is 0 Å². The van der Waals surface area contributed by atoms with Crippen LogP contribution in [-0.4, -0.2) is 140 Å². The van der Waals surface area contributed by atoms with E-state index in [1.807, 2.05) is 25.1 Å². The van der Waals surface area contributed by atoms with Gasteiger partial charge in [0.1, 0.15) is 24.4 Å². The minimum atomic E-state index is -1.97. The number of alkyl halides is 1. The molecular formula is C37H54FN5O11S. The van der Waals surface area contributed by atoms with E-state index in [4.69, 9.17) is 28.8 Å². The molecule has 2 fully saturated rings. The second kappa shape index (κ2) is 20.8. The number of hydrogen-bond acceptors (Lipinski definition) is 12. The fraction of sp³-hybridized carbons (Fsp3) is 0.649. The van der Waals surface area contributed by atoms with Crippen LogP contribution in [0.15, 0.2) is 23.7 Å². The molecule has 0 bridgehead atoms. The highest BCUT2D eigenvalue weighted by molar-refractivity contribution is 7.13. The number of thiazole rings is 1. The average molecular weight is 796 g/mol. The number of carbonyl (C=O) groups is 4. The van der Waals surface area contributed by atoms with Crippen molar-refractivity contribution in [3.63, 3.8) is 0 Å². The molecule has 0 spiro atoms. The Hall–Kier alpha value is -3.94. The van der Waals surface area contributed by atoms with Gasteiger partial charge in [-0.2, -0.15) is 0 Å². The first-order valence-corrected chi connectivity index (χ1v) is 19.3. The smallest absolute Gasteiger partial charge is 0.404 e. The standard InChI is InChI=1S/C37H54FN5O11S/c1-24-30(55-23-41-24)25-5-6-26(29(19-25)54-18-17-53-16-15-52-14-13-51-12-11-50-10-9-39-35(48)49)21-40-32(45)28-20-27(44)22-43(28)33(46)31(36(2,3)4)42-34(47)37(38)7-8-37/h5-6,19,23,27-28,31,39,44H,7-18,20-22H2,1-4H3,(H,40,45)(H,42,47)(H,48,49)/t27-,28+,31-/m1/s1. The van der Waals surface area contributed by atoms with Gasteiger partial charge in [0.2, 0.25) is 11.8 Å². The van der Waals surface area contributed by atoms with E-state index < -0.39 is 53.1 Å². The van der Waals surface area contributed by atoms with Crippen molar-refractivity contribution in [1.82, 2.24) is 25.8 Å². The first-order valence-electron chi connectivity index (χ1n) is 18.4. The highest BCUT2D eigenvalue weighted by atomic mass is 32.1. The van der Waals surface area contributed by atoms with Crippen molar-refractivity contribution in [3.05, 3.63) is 35.0 Å². The van der Waals surface area contributed by atoms with Crippen molar-refractivity contribution in [1.29, 1.82) is 0 Å². The molecule has 5 N–H and O–H groups in total. The minimum Gasteiger partial charge on any atom is -0.491 e. The molecule has 55 heavy (non-hydrogen) atoms. The summed E-state index contributed by atoms with van der Waals surface area (Å²) in [5, 5.41) is 26.7. The lowest BCUT2D eigenvalue weighted by molar-refractivity contribution is -0.145. The van der Waals surface area contributed by atoms with Crippen LogP contribution in [0.1, 0.15) is 51.3 Å². The van der Waals surface area contributed by atoms with Gasteiger partial charge in [-0.25, -0.2) is 14.2 Å². The number of nitrogens with zero attached hydrogens (tertiary/aromatic N) is 2. The number of aryl methyl sites for hydroxylation is 1. The third-order valence-corrected chi connectivity index (χ3v) is 9.98. The normalized spacial score (nSPS) is 18.1. The summed E-state index contributed by atoms with van der Waals surface area (Å²) in [6.45, 7) is 10.3. The maximum absolute atomic E-state index is 14.5. The largest absolute Gasteiger partial charge is 0.491 e. The molecule has 0 unspecified atom stereocenters. The summed E-state index contributed by atoms with van der Waals surface area (Å²) in [5.74, 6) is -1.34. The van der Waals surface area contributed by atoms with Gasteiger partial charge in [0.05, 0.1) is 75.0 Å². The molecule has 1 aromatic heterocycles. The number of β-amino-alcohol motifs (C(OH)–C–C–N with tert-alkyl or cyclic N) is 1. The third-order valence-electron chi connectivity index (χ3n) is 9.00. The monoisotopic (exact) mass is 795 g/mol. The highest BCUT2D eigenvalue weighted by Gasteiger charge is 2.53. The zero-order valence-electron chi connectivity index (χ0n) is 31.9. The Morgan fingerprint density at radius 3 is 2.16 bits per heavy atom. The highest BCUT2D eigenvalue weighted by Crippen LogP contribution is 2.40. The van der Waals surface area contributed by atoms with Crippen molar-refractivity contribution < 1.29 is 57.5 Å². The van der Waals surface area contributed by atoms with Gasteiger partial charge in [-0.15, -0.1) is 11.3 Å². The van der Waals surface area contributed by atoms with Crippen molar-refractivity contribution in [2.24, 2.45) is 5.41 Å². The zero-order valence-corrected chi connectivity index (χ0v) is 32.7. The maximum atomic E-state index is 14.5. The van der Waals surface area contributed by atoms with Crippen LogP contribution in [0, 0.1) is 12.3 Å². The van der Waals surface area contributed by atoms with E-state index >= 15 is 0 Å². The molecular weight excluding hydrogens is 741 g/mol. The topological polar surface area (TPSA) is 207 Å². The van der Waals surface area contributed by atoms with E-state index in [9.17, 15) is 28.7 Å². The number of halogens is 1. The number of aliphatic hydroxyl groups excluding tert-OH is 1. The average Bonchev–Trinajstić information content (AvgIpc) is 3.54. The van der Waals surface area contributed by atoms with Crippen molar-refractivity contribution in [2.45, 2.75) is 77.4 Å². The molecule has 1 aromatic carbocycles. The summed E-state index contributed by atoms with van der Waals surface area (Å²) < 4.78 is 42.5. The number of aromatic nitrogens is 1. The van der Waals surface area contributed by atoms with Gasteiger partial charge in [-0.1, -0.05) is 32.9 Å². The number of aliphatic hydroxyl groups is 1. The molecule has 1 aliphatic heterocycles. The number of hydrogen-bond donors (Lipinski definition) is 5. The quantitative estimate of drug-likeness (QED) is 0.103. The molecule has 2 aliphatic rings. The molecule has 18 heteroatoms. The van der Waals surface area contributed by atoms with E-state index in [0.717, 1.165) is 16.1 Å². The Labute approximate surface area is 324 Å². The van der Waals surface area contributed by atoms with Gasteiger partial charge < -0.3 is 54.7 Å². The summed E-state index contributed by atoms with van der Waals surface area (Å²) in [5.41, 5.74) is 1.46. The predicted molar refractivity (Wildman–Crippen MR) is 200 cm³/mol. The van der Waals surface area contributed by atoms with Crippen LogP contribution in [0.5, 0.6) is 5.75 Å². The predicted octanol–water partition coefficient (Wildman–Crippen LogP) is 2.44. The molecule has 1 saturated heterocycles. The van der Waals surface area contributed by atoms with Crippen LogP contribution >= 0.6 is 11.3 Å². The number of amides is 4. The van der Waals surface area contributed by atoms with Gasteiger partial charge in [0.15, 0.2) is 5.67 Å². The van der Waals surface area contributed by atoms with Crippen molar-refractivity contribution in [2.75, 3.05) is 72.6 Å². The Morgan fingerprint density at radius 2 is 1.60 bits per heavy atom. The fourth-order valence-corrected chi connectivity index (χ4v) is 6.58. The van der Waals surface area contributed by atoms with E-state index in [1.54, 1.807) is 26.3 Å². The summed E-state index contributed by atoms with van der Waals surface area (Å²) in [6.07, 6.45) is -1.82. The number of ether oxygens (including phenoxy) is 5. The molecule has 4 rings (SSSR count). The first kappa shape index (κ1) is 43.8. The molecule has 1 aliphatic carbocycles. The number of carbonyl (C=O) groups excluding carboxylic acids is 3. The van der Waals surface area contributed by atoms with E-state index in [2.05, 4.69) is 20.9 Å². The van der Waals surface area contributed by atoms with E-state index in [1.165, 1.54) is 16.2 Å². The molecule has 2 heterocycles. The lowest BCUT2D eigenvalue weighted by Gasteiger charge is -2.35. The number of rotatable bonds is 23. The summed E-state index contributed by atoms with van der Waals surface area (Å²) in [7, 11) is 0. The Balaban J connectivity index is 1.26. The van der Waals surface area contributed by atoms with Gasteiger partial charge >= 0.3 is 6.09 Å². The lowest BCUT2D eigenvalue weighted by atomic mass is 9.85. The molecule has 0 radical (unpaired) electrons. The lowest BCUT2D eigenvalue weighted by Crippen LogP contribution is -2.59. The van der Waals surface area contributed by atoms with E-state index in [0.29, 0.717) is 51.0 Å². The van der Waals surface area contributed by atoms with Crippen LogP contribution in [-0.2, 0) is 39.9 Å². The second-order valence-electron chi connectivity index (χ2n) is 14.5. The van der Waals surface area contributed by atoms with Gasteiger partial charge in [-0.3, -0.25) is 14.4 Å². The molecule has 4 amide bonds. The summed E-state index contributed by atoms with van der Waals surface area (Å²) in [4.78, 5) is 57.0. The summed E-state index contributed by atoms with van der Waals surface area (Å²) in [6, 6.07) is 3.56. The second-order valence-corrected chi connectivity index (χ2v) is 15.3. The summed E-state index contributed by atoms with van der Waals surface area (Å²) >= 11 is 1.50. The van der Waals surface area contributed by atoms with Crippen LogP contribution in [0.4, 0.5) is 9.18 Å². The SMILES string of the molecule is Cc1ncsc1-c1ccc(CNC(=O)[C@@H]2C[C@@H](O)CN2C(=O)[C@@H](NC(=O)C2(F)CC2)C(C)(C)C)c(OCCOCCOCCOCCOCCNC(=O)O)c1. The van der Waals surface area contributed by atoms with Crippen LogP contribution in [0.3, 0.4) is 0 Å². The molecule has 306 valence electrons. The van der Waals surface area contributed by atoms with E-state index in [-0.39, 0.29) is 58.7 Å². The molecule has 2 aromatic rings. The van der Waals surface area contributed by atoms with Gasteiger partial charge in [0, 0.05) is 31.6 Å². The van der Waals surface area contributed by atoms with Crippen molar-refractivity contribution >= 4 is 35.2 Å². The van der Waals surface area contributed by atoms with Crippen molar-refractivity contribution in [3.8, 4) is 16.2 Å². The Kier molecular flexibility index (Phi) is 16.6. The fourth-order valence-electron chi connectivity index (χ4n) is 5.78.